The summed E-state index contributed by atoms with van der Waals surface area (Å²) >= 11 is 0. The molecule has 1 aromatic carbocycles. The van der Waals surface area contributed by atoms with Gasteiger partial charge in [0, 0.05) is 13.0 Å². The van der Waals surface area contributed by atoms with Gasteiger partial charge in [-0.3, -0.25) is 4.31 Å². The SMILES string of the molecule is CCOC(=O)C1=C(N)N(S(=O)(=O)c2ccc(C)cc2)CC1. The van der Waals surface area contributed by atoms with Gasteiger partial charge in [-0.1, -0.05) is 17.7 Å². The number of esters is 1. The van der Waals surface area contributed by atoms with Crippen molar-refractivity contribution in [1.29, 1.82) is 0 Å². The largest absolute Gasteiger partial charge is 0.463 e. The highest BCUT2D eigenvalue weighted by molar-refractivity contribution is 7.89. The first kappa shape index (κ1) is 15.4. The number of hydrogen-bond acceptors (Lipinski definition) is 5. The van der Waals surface area contributed by atoms with Crippen molar-refractivity contribution in [1.82, 2.24) is 4.31 Å². The van der Waals surface area contributed by atoms with Gasteiger partial charge in [0.15, 0.2) is 0 Å². The van der Waals surface area contributed by atoms with Crippen LogP contribution in [0.4, 0.5) is 0 Å². The molecule has 21 heavy (non-hydrogen) atoms. The third-order valence-corrected chi connectivity index (χ3v) is 5.10. The molecule has 1 heterocycles. The van der Waals surface area contributed by atoms with Crippen molar-refractivity contribution >= 4 is 16.0 Å². The van der Waals surface area contributed by atoms with Crippen LogP contribution < -0.4 is 5.73 Å². The zero-order valence-corrected chi connectivity index (χ0v) is 12.8. The summed E-state index contributed by atoms with van der Waals surface area (Å²) in [5.41, 5.74) is 7.01. The number of carbonyl (C=O) groups excluding carboxylic acids is 1. The van der Waals surface area contributed by atoms with Gasteiger partial charge in [0.2, 0.25) is 0 Å². The zero-order valence-electron chi connectivity index (χ0n) is 12.0. The topological polar surface area (TPSA) is 89.7 Å². The van der Waals surface area contributed by atoms with Crippen LogP contribution in [-0.4, -0.2) is 31.8 Å². The van der Waals surface area contributed by atoms with Gasteiger partial charge in [-0.05, 0) is 26.0 Å². The average molecular weight is 310 g/mol. The zero-order chi connectivity index (χ0) is 15.6. The molecule has 0 saturated carbocycles. The lowest BCUT2D eigenvalue weighted by Crippen LogP contribution is -2.31. The van der Waals surface area contributed by atoms with E-state index in [1.807, 2.05) is 6.92 Å². The van der Waals surface area contributed by atoms with E-state index in [4.69, 9.17) is 10.5 Å². The summed E-state index contributed by atoms with van der Waals surface area (Å²) in [6.07, 6.45) is 0.260. The first-order valence-corrected chi connectivity index (χ1v) is 8.07. The summed E-state index contributed by atoms with van der Waals surface area (Å²) in [7, 11) is -3.74. The molecule has 0 aromatic heterocycles. The highest BCUT2D eigenvalue weighted by Gasteiger charge is 2.34. The molecule has 1 aromatic rings. The Labute approximate surface area is 124 Å². The summed E-state index contributed by atoms with van der Waals surface area (Å²) in [4.78, 5) is 11.9. The summed E-state index contributed by atoms with van der Waals surface area (Å²) in [5.74, 6) is -0.606. The summed E-state index contributed by atoms with van der Waals surface area (Å²) in [6.45, 7) is 3.93. The molecule has 7 heteroatoms. The van der Waals surface area contributed by atoms with E-state index in [1.54, 1.807) is 19.1 Å². The van der Waals surface area contributed by atoms with Gasteiger partial charge in [-0.25, -0.2) is 13.2 Å². The molecule has 2 N–H and O–H groups in total. The summed E-state index contributed by atoms with van der Waals surface area (Å²) < 4.78 is 31.0. The Hall–Kier alpha value is -2.02. The van der Waals surface area contributed by atoms with Crippen molar-refractivity contribution in [3.63, 3.8) is 0 Å². The Morgan fingerprint density at radius 3 is 2.52 bits per heavy atom. The van der Waals surface area contributed by atoms with Crippen molar-refractivity contribution in [2.75, 3.05) is 13.2 Å². The maximum Gasteiger partial charge on any atom is 0.337 e. The van der Waals surface area contributed by atoms with Crippen molar-refractivity contribution in [2.45, 2.75) is 25.2 Å². The third kappa shape index (κ3) is 2.87. The maximum atomic E-state index is 12.5. The Morgan fingerprint density at radius 2 is 1.95 bits per heavy atom. The molecular formula is C14H18N2O4S. The van der Waals surface area contributed by atoms with Crippen LogP contribution in [0.25, 0.3) is 0 Å². The van der Waals surface area contributed by atoms with Gasteiger partial charge in [0.25, 0.3) is 10.0 Å². The van der Waals surface area contributed by atoms with Gasteiger partial charge in [-0.15, -0.1) is 0 Å². The molecule has 0 spiro atoms. The predicted molar refractivity (Wildman–Crippen MR) is 77.5 cm³/mol. The lowest BCUT2D eigenvalue weighted by Gasteiger charge is -2.19. The number of nitrogens with zero attached hydrogens (tertiary/aromatic N) is 1. The first-order chi connectivity index (χ1) is 9.87. The van der Waals surface area contributed by atoms with Gasteiger partial charge in [-0.2, -0.15) is 0 Å². The number of ether oxygens (including phenoxy) is 1. The molecular weight excluding hydrogens is 292 g/mol. The molecule has 0 atom stereocenters. The fraction of sp³-hybridized carbons (Fsp3) is 0.357. The molecule has 0 radical (unpaired) electrons. The summed E-state index contributed by atoms with van der Waals surface area (Å²) in [5, 5.41) is 0. The molecule has 0 bridgehead atoms. The second kappa shape index (κ2) is 5.77. The van der Waals surface area contributed by atoms with E-state index in [9.17, 15) is 13.2 Å². The number of hydrogen-bond donors (Lipinski definition) is 1. The van der Waals surface area contributed by atoms with Crippen LogP contribution >= 0.6 is 0 Å². The monoisotopic (exact) mass is 310 g/mol. The van der Waals surface area contributed by atoms with E-state index in [1.165, 1.54) is 12.1 Å². The molecule has 1 aliphatic rings. The average Bonchev–Trinajstić information content (AvgIpc) is 2.82. The van der Waals surface area contributed by atoms with Gasteiger partial charge in [0.1, 0.15) is 5.82 Å². The predicted octanol–water partition coefficient (Wildman–Crippen LogP) is 1.12. The number of aryl methyl sites for hydroxylation is 1. The second-order valence-electron chi connectivity index (χ2n) is 4.72. The van der Waals surface area contributed by atoms with Crippen LogP contribution in [0.1, 0.15) is 18.9 Å². The molecule has 0 amide bonds. The summed E-state index contributed by atoms with van der Waals surface area (Å²) in [6, 6.07) is 6.49. The Morgan fingerprint density at radius 1 is 1.33 bits per heavy atom. The van der Waals surface area contributed by atoms with E-state index in [0.29, 0.717) is 0 Å². The number of benzene rings is 1. The minimum Gasteiger partial charge on any atom is -0.463 e. The van der Waals surface area contributed by atoms with Crippen LogP contribution in [0.2, 0.25) is 0 Å². The molecule has 114 valence electrons. The van der Waals surface area contributed by atoms with Crippen LogP contribution in [0, 0.1) is 6.92 Å². The third-order valence-electron chi connectivity index (χ3n) is 3.27. The highest BCUT2D eigenvalue weighted by Crippen LogP contribution is 2.27. The van der Waals surface area contributed by atoms with E-state index >= 15 is 0 Å². The van der Waals surface area contributed by atoms with Gasteiger partial charge < -0.3 is 10.5 Å². The lowest BCUT2D eigenvalue weighted by atomic mass is 10.2. The van der Waals surface area contributed by atoms with Crippen LogP contribution in [0.5, 0.6) is 0 Å². The smallest absolute Gasteiger partial charge is 0.337 e. The van der Waals surface area contributed by atoms with Crippen LogP contribution in [0.15, 0.2) is 40.6 Å². The van der Waals surface area contributed by atoms with Crippen molar-refractivity contribution in [2.24, 2.45) is 5.73 Å². The minimum absolute atomic E-state index is 0.0472. The molecule has 2 rings (SSSR count). The number of carbonyl (C=O) groups is 1. The molecule has 1 aliphatic heterocycles. The minimum atomic E-state index is -3.74. The Kier molecular flexibility index (Phi) is 4.22. The lowest BCUT2D eigenvalue weighted by molar-refractivity contribution is -0.138. The Bertz CT molecular complexity index is 677. The van der Waals surface area contributed by atoms with E-state index in [-0.39, 0.29) is 35.9 Å². The van der Waals surface area contributed by atoms with E-state index < -0.39 is 16.0 Å². The normalized spacial score (nSPS) is 15.4. The highest BCUT2D eigenvalue weighted by atomic mass is 32.2. The van der Waals surface area contributed by atoms with Crippen LogP contribution in [-0.2, 0) is 19.6 Å². The van der Waals surface area contributed by atoms with Crippen LogP contribution in [0.3, 0.4) is 0 Å². The Balaban J connectivity index is 2.34. The number of rotatable bonds is 4. The molecule has 0 aliphatic carbocycles. The van der Waals surface area contributed by atoms with E-state index in [0.717, 1.165) is 9.87 Å². The van der Waals surface area contributed by atoms with E-state index in [2.05, 4.69) is 0 Å². The van der Waals surface area contributed by atoms with Gasteiger partial charge in [0.05, 0.1) is 17.1 Å². The maximum absolute atomic E-state index is 12.5. The fourth-order valence-corrected chi connectivity index (χ4v) is 3.56. The number of nitrogens with two attached hydrogens (primary N) is 1. The number of sulfonamides is 1. The quantitative estimate of drug-likeness (QED) is 0.842. The molecule has 0 saturated heterocycles. The molecule has 6 nitrogen and oxygen atoms in total. The van der Waals surface area contributed by atoms with Crippen molar-refractivity contribution in [3.8, 4) is 0 Å². The standard InChI is InChI=1S/C14H18N2O4S/c1-3-20-14(17)12-8-9-16(13(12)15)21(18,19)11-6-4-10(2)5-7-11/h4-7H,3,8-9,15H2,1-2H3. The van der Waals surface area contributed by atoms with Crippen molar-refractivity contribution < 1.29 is 17.9 Å². The van der Waals surface area contributed by atoms with Gasteiger partial charge >= 0.3 is 5.97 Å². The second-order valence-corrected chi connectivity index (χ2v) is 6.59. The molecule has 0 fully saturated rings. The first-order valence-electron chi connectivity index (χ1n) is 6.63. The fourth-order valence-electron chi connectivity index (χ4n) is 2.12. The molecule has 0 unspecified atom stereocenters. The van der Waals surface area contributed by atoms with Crippen molar-refractivity contribution in [3.05, 3.63) is 41.2 Å².